The molecule has 2 aromatic heterocycles. The molecule has 0 aliphatic rings. The van der Waals surface area contributed by atoms with Crippen LogP contribution in [0.25, 0.3) is 17.2 Å². The lowest BCUT2D eigenvalue weighted by molar-refractivity contribution is -0.137. The summed E-state index contributed by atoms with van der Waals surface area (Å²) in [5.41, 5.74) is 0.816. The van der Waals surface area contributed by atoms with Crippen molar-refractivity contribution in [3.8, 4) is 11.5 Å². The molecule has 0 fully saturated rings. The molecule has 0 bridgehead atoms. The van der Waals surface area contributed by atoms with E-state index in [2.05, 4.69) is 15.4 Å². The zero-order valence-electron chi connectivity index (χ0n) is 15.8. The molecule has 1 amide bonds. The second-order valence-corrected chi connectivity index (χ2v) is 7.50. The summed E-state index contributed by atoms with van der Waals surface area (Å²) in [4.78, 5) is 16.4. The maximum atomic E-state index is 12.8. The summed E-state index contributed by atoms with van der Waals surface area (Å²) in [5, 5.41) is 6.52. The summed E-state index contributed by atoms with van der Waals surface area (Å²) in [6.45, 7) is 1.80. The van der Waals surface area contributed by atoms with Gasteiger partial charge < -0.3 is 9.73 Å². The number of amides is 1. The molecular formula is C20H13Cl2F3N4O2. The average molecular weight is 469 g/mol. The quantitative estimate of drug-likeness (QED) is 0.410. The van der Waals surface area contributed by atoms with E-state index in [1.165, 1.54) is 0 Å². The first-order valence-electron chi connectivity index (χ1n) is 8.88. The van der Waals surface area contributed by atoms with Crippen molar-refractivity contribution >= 4 is 40.5 Å². The third-order valence-electron chi connectivity index (χ3n) is 4.49. The number of alkyl halides is 3. The van der Waals surface area contributed by atoms with Gasteiger partial charge in [-0.3, -0.25) is 4.79 Å². The highest BCUT2D eigenvalue weighted by atomic mass is 35.5. The third kappa shape index (κ3) is 4.38. The van der Waals surface area contributed by atoms with Crippen molar-refractivity contribution in [1.82, 2.24) is 14.6 Å². The fraction of sp³-hybridized carbons (Fsp3) is 0.150. The number of carbonyl (C=O) groups excluding carboxylic acids is 1. The summed E-state index contributed by atoms with van der Waals surface area (Å²) >= 11 is 11.8. The number of fused-ring (bicyclic) bond motifs is 1. The number of nitrogens with one attached hydrogen (secondary N) is 1. The Morgan fingerprint density at radius 2 is 1.81 bits per heavy atom. The maximum Gasteiger partial charge on any atom is 0.416 e. The van der Waals surface area contributed by atoms with E-state index in [-0.39, 0.29) is 22.0 Å². The summed E-state index contributed by atoms with van der Waals surface area (Å²) in [6.07, 6.45) is -3.30. The minimum absolute atomic E-state index is 0.116. The fourth-order valence-electron chi connectivity index (χ4n) is 2.93. The maximum absolute atomic E-state index is 12.8. The number of carbonyl (C=O) groups is 1. The molecule has 160 valence electrons. The molecule has 4 aromatic rings. The second-order valence-electron chi connectivity index (χ2n) is 6.68. The summed E-state index contributed by atoms with van der Waals surface area (Å²) in [6, 6.07) is 8.21. The predicted octanol–water partition coefficient (Wildman–Crippen LogP) is 5.80. The first-order valence-corrected chi connectivity index (χ1v) is 9.64. The van der Waals surface area contributed by atoms with Gasteiger partial charge in [0.05, 0.1) is 18.2 Å². The molecular weight excluding hydrogens is 456 g/mol. The number of benzene rings is 2. The number of nitrogens with zero attached hydrogens (tertiary/aromatic N) is 3. The molecule has 31 heavy (non-hydrogen) atoms. The van der Waals surface area contributed by atoms with Gasteiger partial charge in [-0.15, -0.1) is 5.10 Å². The van der Waals surface area contributed by atoms with E-state index in [0.717, 1.165) is 12.1 Å². The van der Waals surface area contributed by atoms with Crippen molar-refractivity contribution in [3.63, 3.8) is 0 Å². The van der Waals surface area contributed by atoms with Gasteiger partial charge in [0, 0.05) is 21.3 Å². The van der Waals surface area contributed by atoms with Crippen LogP contribution in [0.3, 0.4) is 0 Å². The highest BCUT2D eigenvalue weighted by molar-refractivity contribution is 6.36. The van der Waals surface area contributed by atoms with Gasteiger partial charge in [0.2, 0.25) is 17.5 Å². The molecule has 0 saturated carbocycles. The van der Waals surface area contributed by atoms with Crippen LogP contribution in [0.1, 0.15) is 17.0 Å². The summed E-state index contributed by atoms with van der Waals surface area (Å²) in [5.74, 6) is 0.597. The monoisotopic (exact) mass is 468 g/mol. The number of hydrogen-bond acceptors (Lipinski definition) is 4. The van der Waals surface area contributed by atoms with Crippen LogP contribution < -0.4 is 5.32 Å². The lowest BCUT2D eigenvalue weighted by Gasteiger charge is -2.12. The zero-order chi connectivity index (χ0) is 22.3. The van der Waals surface area contributed by atoms with E-state index in [9.17, 15) is 18.0 Å². The van der Waals surface area contributed by atoms with Crippen LogP contribution in [0.2, 0.25) is 10.0 Å². The topological polar surface area (TPSA) is 72.4 Å². The number of aromatic nitrogens is 3. The van der Waals surface area contributed by atoms with Gasteiger partial charge >= 0.3 is 6.18 Å². The van der Waals surface area contributed by atoms with Crippen molar-refractivity contribution in [2.75, 3.05) is 5.32 Å². The number of aryl methyl sites for hydroxylation is 1. The smallest absolute Gasteiger partial charge is 0.416 e. The molecule has 11 heteroatoms. The molecule has 2 heterocycles. The Bertz CT molecular complexity index is 1260. The van der Waals surface area contributed by atoms with Crippen LogP contribution in [-0.2, 0) is 17.4 Å². The number of hydrogen-bond donors (Lipinski definition) is 1. The molecule has 0 spiro atoms. The predicted molar refractivity (Wildman–Crippen MR) is 109 cm³/mol. The standard InChI is InChI=1S/C20H13Cl2F3N4O2/c1-10-26-9-18-29(10)28-19(31-18)11-2-4-13(5-3-11)27-17(30)8-14-15(21)6-12(7-16(14)22)20(23,24)25/h2-7,9H,8H2,1H3,(H,27,30). The van der Waals surface area contributed by atoms with Crippen LogP contribution in [-0.4, -0.2) is 20.5 Å². The average Bonchev–Trinajstić information content (AvgIpc) is 3.26. The Kier molecular flexibility index (Phi) is 5.40. The minimum atomic E-state index is -4.58. The van der Waals surface area contributed by atoms with Crippen LogP contribution in [0.15, 0.2) is 47.0 Å². The van der Waals surface area contributed by atoms with Crippen molar-refractivity contribution in [1.29, 1.82) is 0 Å². The zero-order valence-corrected chi connectivity index (χ0v) is 17.3. The first kappa shape index (κ1) is 21.2. The summed E-state index contributed by atoms with van der Waals surface area (Å²) < 4.78 is 45.7. The highest BCUT2D eigenvalue weighted by Gasteiger charge is 2.32. The second kappa shape index (κ2) is 7.90. The fourth-order valence-corrected chi connectivity index (χ4v) is 3.55. The molecule has 0 atom stereocenters. The Morgan fingerprint density at radius 3 is 2.39 bits per heavy atom. The third-order valence-corrected chi connectivity index (χ3v) is 5.16. The van der Waals surface area contributed by atoms with Gasteiger partial charge in [-0.1, -0.05) is 23.2 Å². The molecule has 0 saturated heterocycles. The molecule has 1 N–H and O–H groups in total. The van der Waals surface area contributed by atoms with Crippen molar-refractivity contribution in [2.45, 2.75) is 19.5 Å². The van der Waals surface area contributed by atoms with E-state index in [4.69, 9.17) is 27.6 Å². The lowest BCUT2D eigenvalue weighted by atomic mass is 10.1. The van der Waals surface area contributed by atoms with Crippen molar-refractivity contribution < 1.29 is 22.4 Å². The van der Waals surface area contributed by atoms with E-state index in [0.29, 0.717) is 28.7 Å². The van der Waals surface area contributed by atoms with Crippen molar-refractivity contribution in [2.24, 2.45) is 0 Å². The van der Waals surface area contributed by atoms with Gasteiger partial charge in [-0.05, 0) is 48.9 Å². The van der Waals surface area contributed by atoms with Crippen LogP contribution in [0.5, 0.6) is 0 Å². The Morgan fingerprint density at radius 1 is 1.16 bits per heavy atom. The number of rotatable bonds is 4. The van der Waals surface area contributed by atoms with E-state index in [1.807, 2.05) is 0 Å². The Labute approximate surface area is 183 Å². The van der Waals surface area contributed by atoms with Gasteiger partial charge in [0.1, 0.15) is 5.82 Å². The SMILES string of the molecule is Cc1ncc2oc(-c3ccc(NC(=O)Cc4c(Cl)cc(C(F)(F)F)cc4Cl)cc3)nn12. The largest absolute Gasteiger partial charge is 0.417 e. The van der Waals surface area contributed by atoms with Gasteiger partial charge in [0.15, 0.2) is 0 Å². The van der Waals surface area contributed by atoms with Crippen molar-refractivity contribution in [3.05, 3.63) is 69.6 Å². The van der Waals surface area contributed by atoms with E-state index < -0.39 is 17.6 Å². The van der Waals surface area contributed by atoms with Gasteiger partial charge in [-0.2, -0.15) is 17.7 Å². The summed E-state index contributed by atoms with van der Waals surface area (Å²) in [7, 11) is 0. The highest BCUT2D eigenvalue weighted by Crippen LogP contribution is 2.36. The van der Waals surface area contributed by atoms with E-state index >= 15 is 0 Å². The minimum Gasteiger partial charge on any atom is -0.417 e. The number of anilines is 1. The molecule has 0 aliphatic carbocycles. The first-order chi connectivity index (χ1) is 14.6. The Balaban J connectivity index is 1.46. The molecule has 0 radical (unpaired) electrons. The molecule has 6 nitrogen and oxygen atoms in total. The molecule has 0 aliphatic heterocycles. The Hall–Kier alpha value is -3.04. The molecule has 0 unspecified atom stereocenters. The number of imidazole rings is 1. The lowest BCUT2D eigenvalue weighted by Crippen LogP contribution is -2.15. The molecule has 4 rings (SSSR count). The van der Waals surface area contributed by atoms with Gasteiger partial charge in [0.25, 0.3) is 0 Å². The van der Waals surface area contributed by atoms with Crippen LogP contribution >= 0.6 is 23.2 Å². The van der Waals surface area contributed by atoms with Crippen LogP contribution in [0, 0.1) is 6.92 Å². The number of halogens is 5. The molecule has 2 aromatic carbocycles. The normalized spacial score (nSPS) is 11.8. The van der Waals surface area contributed by atoms with Crippen LogP contribution in [0.4, 0.5) is 18.9 Å². The van der Waals surface area contributed by atoms with E-state index in [1.54, 1.807) is 41.9 Å². The van der Waals surface area contributed by atoms with Gasteiger partial charge in [-0.25, -0.2) is 4.98 Å².